The zero-order chi connectivity index (χ0) is 14.5. The summed E-state index contributed by atoms with van der Waals surface area (Å²) in [5.41, 5.74) is -0.441. The minimum Gasteiger partial charge on any atom is -0.481 e. The van der Waals surface area contributed by atoms with Gasteiger partial charge in [0.05, 0.1) is 11.2 Å². The van der Waals surface area contributed by atoms with Gasteiger partial charge < -0.3 is 5.11 Å². The van der Waals surface area contributed by atoms with Crippen LogP contribution in [0.15, 0.2) is 24.4 Å². The number of aryl methyl sites for hydroxylation is 1. The Morgan fingerprint density at radius 1 is 1.42 bits per heavy atom. The van der Waals surface area contributed by atoms with E-state index in [0.717, 1.165) is 0 Å². The van der Waals surface area contributed by atoms with Gasteiger partial charge in [-0.05, 0) is 26.0 Å². The van der Waals surface area contributed by atoms with Crippen molar-refractivity contribution in [1.29, 1.82) is 0 Å². The Labute approximate surface area is 112 Å². The van der Waals surface area contributed by atoms with Crippen molar-refractivity contribution in [1.82, 2.24) is 9.71 Å². The fourth-order valence-corrected chi connectivity index (χ4v) is 2.43. The smallest absolute Gasteiger partial charge is 0.310 e. The molecule has 1 heterocycles. The Kier molecular flexibility index (Phi) is 5.02. The second-order valence-corrected chi connectivity index (χ2v) is 6.83. The molecule has 7 heteroatoms. The molecule has 1 aromatic rings. The molecule has 6 nitrogen and oxygen atoms in total. The molecular weight excluding hydrogens is 268 g/mol. The number of carboxylic acid groups (broad SMARTS) is 1. The molecule has 19 heavy (non-hydrogen) atoms. The first-order valence-corrected chi connectivity index (χ1v) is 7.49. The van der Waals surface area contributed by atoms with Crippen LogP contribution in [0.4, 0.5) is 0 Å². The highest BCUT2D eigenvalue weighted by atomic mass is 32.2. The Balaban J connectivity index is 2.51. The molecule has 0 radical (unpaired) electrons. The van der Waals surface area contributed by atoms with Gasteiger partial charge in [-0.3, -0.25) is 9.78 Å². The lowest BCUT2D eigenvalue weighted by molar-refractivity contribution is -0.146. The number of rotatable bonds is 7. The first-order valence-electron chi connectivity index (χ1n) is 5.84. The van der Waals surface area contributed by atoms with Crippen LogP contribution in [0.3, 0.4) is 0 Å². The van der Waals surface area contributed by atoms with Crippen molar-refractivity contribution >= 4 is 16.0 Å². The zero-order valence-corrected chi connectivity index (χ0v) is 11.8. The minimum absolute atomic E-state index is 0.111. The van der Waals surface area contributed by atoms with Gasteiger partial charge in [0.1, 0.15) is 0 Å². The molecule has 0 aliphatic heterocycles. The molecule has 0 aliphatic rings. The van der Waals surface area contributed by atoms with Crippen LogP contribution in [-0.4, -0.2) is 36.8 Å². The molecule has 2 N–H and O–H groups in total. The lowest BCUT2D eigenvalue weighted by atomic mass is 9.95. The third-order valence-corrected chi connectivity index (χ3v) is 3.99. The molecule has 0 saturated heterocycles. The highest BCUT2D eigenvalue weighted by molar-refractivity contribution is 7.89. The fraction of sp³-hybridized carbons (Fsp3) is 0.500. The lowest BCUT2D eigenvalue weighted by Gasteiger charge is -2.19. The monoisotopic (exact) mass is 286 g/mol. The second-order valence-electron chi connectivity index (χ2n) is 4.90. The quantitative estimate of drug-likeness (QED) is 0.767. The van der Waals surface area contributed by atoms with Crippen molar-refractivity contribution in [3.63, 3.8) is 0 Å². The summed E-state index contributed by atoms with van der Waals surface area (Å²) in [6.07, 6.45) is 1.90. The zero-order valence-electron chi connectivity index (χ0n) is 11.0. The standard InChI is InChI=1S/C12H18N2O4S/c1-12(2,11(15)16)9-14-19(17,18)8-6-10-5-3-4-7-13-10/h3-5,7,14H,6,8-9H2,1-2H3,(H,15,16). The van der Waals surface area contributed by atoms with Gasteiger partial charge in [0.15, 0.2) is 0 Å². The summed E-state index contributed by atoms with van der Waals surface area (Å²) < 4.78 is 25.8. The van der Waals surface area contributed by atoms with Crippen LogP contribution in [0.25, 0.3) is 0 Å². The van der Waals surface area contributed by atoms with Gasteiger partial charge in [0, 0.05) is 24.9 Å². The van der Waals surface area contributed by atoms with E-state index >= 15 is 0 Å². The maximum Gasteiger partial charge on any atom is 0.310 e. The van der Waals surface area contributed by atoms with Gasteiger partial charge >= 0.3 is 5.97 Å². The summed E-state index contributed by atoms with van der Waals surface area (Å²) >= 11 is 0. The number of aromatic nitrogens is 1. The molecule has 0 bridgehead atoms. The van der Waals surface area contributed by atoms with Crippen LogP contribution >= 0.6 is 0 Å². The second kappa shape index (κ2) is 6.12. The number of nitrogens with one attached hydrogen (secondary N) is 1. The van der Waals surface area contributed by atoms with Gasteiger partial charge in [-0.1, -0.05) is 6.07 Å². The number of aliphatic carboxylic acids is 1. The van der Waals surface area contributed by atoms with E-state index in [2.05, 4.69) is 9.71 Å². The van der Waals surface area contributed by atoms with Crippen molar-refractivity contribution in [2.45, 2.75) is 20.3 Å². The van der Waals surface area contributed by atoms with Crippen molar-refractivity contribution in [2.75, 3.05) is 12.3 Å². The van der Waals surface area contributed by atoms with Crippen LogP contribution in [0.1, 0.15) is 19.5 Å². The topological polar surface area (TPSA) is 96.4 Å². The van der Waals surface area contributed by atoms with Gasteiger partial charge in [-0.25, -0.2) is 13.1 Å². The number of hydrogen-bond acceptors (Lipinski definition) is 4. The van der Waals surface area contributed by atoms with E-state index in [1.54, 1.807) is 24.4 Å². The average molecular weight is 286 g/mol. The van der Waals surface area contributed by atoms with Gasteiger partial charge in [-0.2, -0.15) is 0 Å². The van der Waals surface area contributed by atoms with Crippen LogP contribution < -0.4 is 4.72 Å². The third kappa shape index (κ3) is 5.35. The van der Waals surface area contributed by atoms with E-state index in [9.17, 15) is 13.2 Å². The molecule has 0 aliphatic carbocycles. The summed E-state index contributed by atoms with van der Waals surface area (Å²) in [6.45, 7) is 2.81. The normalized spacial score (nSPS) is 12.3. The molecule has 0 spiro atoms. The molecule has 0 saturated carbocycles. The highest BCUT2D eigenvalue weighted by Crippen LogP contribution is 2.13. The number of carboxylic acids is 1. The summed E-state index contributed by atoms with van der Waals surface area (Å²) in [5.74, 6) is -1.15. The van der Waals surface area contributed by atoms with Crippen molar-refractivity contribution in [3.05, 3.63) is 30.1 Å². The molecule has 0 unspecified atom stereocenters. The SMILES string of the molecule is CC(C)(CNS(=O)(=O)CCc1ccccn1)C(=O)O. The third-order valence-electron chi connectivity index (χ3n) is 2.67. The fourth-order valence-electron chi connectivity index (χ4n) is 1.22. The summed E-state index contributed by atoms with van der Waals surface area (Å²) in [6, 6.07) is 5.29. The van der Waals surface area contributed by atoms with Gasteiger partial charge in [0.2, 0.25) is 10.0 Å². The molecular formula is C12H18N2O4S. The number of sulfonamides is 1. The first-order chi connectivity index (χ1) is 8.73. The number of carbonyl (C=O) groups is 1. The predicted octanol–water partition coefficient (Wildman–Crippen LogP) is 0.654. The number of hydrogen-bond donors (Lipinski definition) is 2. The largest absolute Gasteiger partial charge is 0.481 e. The first kappa shape index (κ1) is 15.6. The highest BCUT2D eigenvalue weighted by Gasteiger charge is 2.28. The van der Waals surface area contributed by atoms with Crippen molar-refractivity contribution < 1.29 is 18.3 Å². The Morgan fingerprint density at radius 3 is 2.63 bits per heavy atom. The average Bonchev–Trinajstić information content (AvgIpc) is 2.36. The van der Waals surface area contributed by atoms with E-state index in [1.807, 2.05) is 0 Å². The van der Waals surface area contributed by atoms with E-state index in [1.165, 1.54) is 13.8 Å². The van der Waals surface area contributed by atoms with Crippen LogP contribution in [-0.2, 0) is 21.2 Å². The lowest BCUT2D eigenvalue weighted by Crippen LogP contribution is -2.40. The molecule has 106 valence electrons. The molecule has 0 amide bonds. The van der Waals surface area contributed by atoms with Crippen molar-refractivity contribution in [2.24, 2.45) is 5.41 Å². The van der Waals surface area contributed by atoms with E-state index in [4.69, 9.17) is 5.11 Å². The summed E-state index contributed by atoms with van der Waals surface area (Å²) in [4.78, 5) is 14.9. The molecule has 1 rings (SSSR count). The minimum atomic E-state index is -3.50. The molecule has 0 atom stereocenters. The molecule has 0 fully saturated rings. The summed E-state index contributed by atoms with van der Waals surface area (Å²) in [7, 11) is -3.50. The van der Waals surface area contributed by atoms with Crippen LogP contribution in [0, 0.1) is 5.41 Å². The summed E-state index contributed by atoms with van der Waals surface area (Å²) in [5, 5.41) is 8.90. The van der Waals surface area contributed by atoms with Crippen LogP contribution in [0.2, 0.25) is 0 Å². The number of pyridine rings is 1. The predicted molar refractivity (Wildman–Crippen MR) is 71.1 cm³/mol. The van der Waals surface area contributed by atoms with Crippen molar-refractivity contribution in [3.8, 4) is 0 Å². The molecule has 0 aromatic carbocycles. The van der Waals surface area contributed by atoms with E-state index < -0.39 is 21.4 Å². The van der Waals surface area contributed by atoms with E-state index in [-0.39, 0.29) is 12.3 Å². The maximum atomic E-state index is 11.7. The number of nitrogens with zero attached hydrogens (tertiary/aromatic N) is 1. The Hall–Kier alpha value is -1.47. The Morgan fingerprint density at radius 2 is 2.11 bits per heavy atom. The van der Waals surface area contributed by atoms with Crippen LogP contribution in [0.5, 0.6) is 0 Å². The maximum absolute atomic E-state index is 11.7. The van der Waals surface area contributed by atoms with Gasteiger partial charge in [0.25, 0.3) is 0 Å². The van der Waals surface area contributed by atoms with E-state index in [0.29, 0.717) is 12.1 Å². The van der Waals surface area contributed by atoms with Gasteiger partial charge in [-0.15, -0.1) is 0 Å². The molecule has 1 aromatic heterocycles. The Bertz CT molecular complexity index is 526.